The van der Waals surface area contributed by atoms with Gasteiger partial charge < -0.3 is 14.2 Å². The minimum Gasteiger partial charge on any atom is -0.458 e. The monoisotopic (exact) mass is 502 g/mol. The minimum atomic E-state index is -1.000. The van der Waals surface area contributed by atoms with E-state index in [0.717, 1.165) is 30.4 Å². The van der Waals surface area contributed by atoms with E-state index in [9.17, 15) is 14.4 Å². The molecule has 2 fully saturated rings. The van der Waals surface area contributed by atoms with Crippen LogP contribution >= 0.6 is 0 Å². The highest BCUT2D eigenvalue weighted by molar-refractivity contribution is 5.72. The fraction of sp³-hybridized carbons (Fsp3) is 0.690. The second-order valence-corrected chi connectivity index (χ2v) is 11.1. The van der Waals surface area contributed by atoms with Gasteiger partial charge in [0.05, 0.1) is 11.3 Å². The molecule has 1 heterocycles. The predicted octanol–water partition coefficient (Wildman–Crippen LogP) is 5.64. The van der Waals surface area contributed by atoms with Crippen LogP contribution < -0.4 is 0 Å². The van der Waals surface area contributed by atoms with Crippen molar-refractivity contribution in [3.8, 4) is 0 Å². The molecule has 1 aliphatic heterocycles. The summed E-state index contributed by atoms with van der Waals surface area (Å²) in [5, 5.41) is 0. The number of carbonyl (C=O) groups is 3. The maximum absolute atomic E-state index is 12.8. The number of hydrogen-bond acceptors (Lipinski definition) is 7. The first kappa shape index (κ1) is 28.2. The number of carbonyl (C=O) groups excluding carboxylic acids is 3. The van der Waals surface area contributed by atoms with Gasteiger partial charge in [0.1, 0.15) is 6.10 Å². The molecule has 0 radical (unpaired) electrons. The zero-order valence-electron chi connectivity index (χ0n) is 22.6. The lowest BCUT2D eigenvalue weighted by Crippen LogP contribution is -2.57. The van der Waals surface area contributed by atoms with Gasteiger partial charge in [0.15, 0.2) is 0 Å². The molecule has 2 aliphatic carbocycles. The summed E-state index contributed by atoms with van der Waals surface area (Å²) in [6, 6.07) is 0. The molecule has 36 heavy (non-hydrogen) atoms. The molecule has 7 nitrogen and oxygen atoms in total. The van der Waals surface area contributed by atoms with Crippen molar-refractivity contribution in [2.24, 2.45) is 28.6 Å². The predicted molar refractivity (Wildman–Crippen MR) is 135 cm³/mol. The van der Waals surface area contributed by atoms with Crippen molar-refractivity contribution in [1.82, 2.24) is 0 Å². The standard InChI is InChI=1S/C29H42O7/c1-9-17(3)11-13-28(8)19(5)12-14-29-23(26(33-20(6)30)36-27(29)34-21(7)31)15-22(16-24(28)29)35-25(32)18(4)10-2/h9,15,18-19,22,24,26-27H,1,3,10-14,16H2,2,4-8H3/t18-,19-,22+,24+,26+,27-,28-,29-/m1/s1. The molecule has 0 aromatic heterocycles. The summed E-state index contributed by atoms with van der Waals surface area (Å²) in [6.45, 7) is 19.0. The third-order valence-electron chi connectivity index (χ3n) is 8.93. The van der Waals surface area contributed by atoms with Crippen molar-refractivity contribution in [3.63, 3.8) is 0 Å². The Balaban J connectivity index is 2.13. The third kappa shape index (κ3) is 5.17. The topological polar surface area (TPSA) is 88.1 Å². The summed E-state index contributed by atoms with van der Waals surface area (Å²) in [6.07, 6.45) is 5.75. The lowest BCUT2D eigenvalue weighted by molar-refractivity contribution is -0.236. The van der Waals surface area contributed by atoms with Gasteiger partial charge in [-0.2, -0.15) is 0 Å². The fourth-order valence-electron chi connectivity index (χ4n) is 6.39. The van der Waals surface area contributed by atoms with Crippen LogP contribution in [0.3, 0.4) is 0 Å². The van der Waals surface area contributed by atoms with E-state index < -0.39 is 36.0 Å². The number of hydrogen-bond donors (Lipinski definition) is 0. The molecule has 1 spiro atoms. The molecule has 0 amide bonds. The molecule has 3 rings (SSSR count). The van der Waals surface area contributed by atoms with Gasteiger partial charge in [-0.1, -0.05) is 52.5 Å². The Bertz CT molecular complexity index is 936. The Morgan fingerprint density at radius 3 is 2.47 bits per heavy atom. The maximum Gasteiger partial charge on any atom is 0.309 e. The summed E-state index contributed by atoms with van der Waals surface area (Å²) < 4.78 is 23.5. The number of allylic oxidation sites excluding steroid dienone is 2. The van der Waals surface area contributed by atoms with Crippen LogP contribution in [0.1, 0.15) is 80.1 Å². The van der Waals surface area contributed by atoms with Crippen LogP contribution in [0.15, 0.2) is 36.5 Å². The third-order valence-corrected chi connectivity index (χ3v) is 8.93. The summed E-state index contributed by atoms with van der Waals surface area (Å²) in [5.74, 6) is -1.13. The van der Waals surface area contributed by atoms with E-state index in [4.69, 9.17) is 18.9 Å². The molecular weight excluding hydrogens is 460 g/mol. The second-order valence-electron chi connectivity index (χ2n) is 11.1. The lowest BCUT2D eigenvalue weighted by atomic mass is 9.46. The second kappa shape index (κ2) is 10.9. The van der Waals surface area contributed by atoms with E-state index in [1.165, 1.54) is 13.8 Å². The van der Waals surface area contributed by atoms with E-state index >= 15 is 0 Å². The molecule has 8 atom stereocenters. The molecule has 200 valence electrons. The van der Waals surface area contributed by atoms with Gasteiger partial charge in [-0.05, 0) is 61.9 Å². The van der Waals surface area contributed by atoms with Crippen LogP contribution in [0.4, 0.5) is 0 Å². The highest BCUT2D eigenvalue weighted by Gasteiger charge is 2.67. The summed E-state index contributed by atoms with van der Waals surface area (Å²) in [7, 11) is 0. The lowest BCUT2D eigenvalue weighted by Gasteiger charge is -2.58. The zero-order valence-corrected chi connectivity index (χ0v) is 22.6. The molecular formula is C29H42O7. The number of esters is 3. The molecule has 1 saturated heterocycles. The van der Waals surface area contributed by atoms with Crippen molar-refractivity contribution in [2.75, 3.05) is 0 Å². The average molecular weight is 503 g/mol. The number of rotatable bonds is 9. The van der Waals surface area contributed by atoms with E-state index in [-0.39, 0.29) is 23.2 Å². The Morgan fingerprint density at radius 1 is 1.22 bits per heavy atom. The molecule has 0 aromatic rings. The van der Waals surface area contributed by atoms with Crippen LogP contribution in [-0.2, 0) is 33.3 Å². The Labute approximate surface area is 215 Å². The van der Waals surface area contributed by atoms with Crippen molar-refractivity contribution < 1.29 is 33.3 Å². The molecule has 0 aromatic carbocycles. The smallest absolute Gasteiger partial charge is 0.309 e. The molecule has 0 N–H and O–H groups in total. The first-order valence-electron chi connectivity index (χ1n) is 13.1. The Hall–Kier alpha value is -2.41. The minimum absolute atomic E-state index is 0.0500. The van der Waals surface area contributed by atoms with Crippen LogP contribution in [0, 0.1) is 28.6 Å². The maximum atomic E-state index is 12.8. The van der Waals surface area contributed by atoms with Crippen LogP contribution in [0.25, 0.3) is 0 Å². The first-order valence-corrected chi connectivity index (χ1v) is 13.1. The van der Waals surface area contributed by atoms with Crippen LogP contribution in [-0.4, -0.2) is 36.6 Å². The van der Waals surface area contributed by atoms with Crippen molar-refractivity contribution in [3.05, 3.63) is 36.5 Å². The summed E-state index contributed by atoms with van der Waals surface area (Å²) in [4.78, 5) is 36.9. The van der Waals surface area contributed by atoms with E-state index in [1.807, 2.05) is 19.9 Å². The average Bonchev–Trinajstić information content (AvgIpc) is 3.10. The highest BCUT2D eigenvalue weighted by atomic mass is 16.8. The fourth-order valence-corrected chi connectivity index (χ4v) is 6.39. The molecule has 3 aliphatic rings. The molecule has 7 heteroatoms. The van der Waals surface area contributed by atoms with Crippen LogP contribution in [0.2, 0.25) is 0 Å². The van der Waals surface area contributed by atoms with Gasteiger partial charge in [-0.3, -0.25) is 19.1 Å². The van der Waals surface area contributed by atoms with E-state index in [0.29, 0.717) is 25.2 Å². The Morgan fingerprint density at radius 2 is 1.89 bits per heavy atom. The van der Waals surface area contributed by atoms with Gasteiger partial charge in [-0.25, -0.2) is 0 Å². The van der Waals surface area contributed by atoms with Gasteiger partial charge in [0.2, 0.25) is 12.6 Å². The van der Waals surface area contributed by atoms with Crippen molar-refractivity contribution in [2.45, 2.75) is 98.8 Å². The quantitative estimate of drug-likeness (QED) is 0.174. The zero-order chi connectivity index (χ0) is 26.8. The molecule has 0 unspecified atom stereocenters. The molecule has 0 bridgehead atoms. The summed E-state index contributed by atoms with van der Waals surface area (Å²) in [5.41, 5.74) is 0.814. The van der Waals surface area contributed by atoms with Gasteiger partial charge in [0.25, 0.3) is 0 Å². The summed E-state index contributed by atoms with van der Waals surface area (Å²) >= 11 is 0. The normalized spacial score (nSPS) is 35.9. The van der Waals surface area contributed by atoms with Crippen molar-refractivity contribution >= 4 is 17.9 Å². The highest BCUT2D eigenvalue weighted by Crippen LogP contribution is 2.67. The first-order chi connectivity index (χ1) is 16.9. The number of ether oxygens (including phenoxy) is 4. The SMILES string of the molecule is C=CC(=C)CC[C@]1(C)[C@H](C)CC[C@@]23C(=C[C@H](OC(=O)[C@H](C)CC)C[C@@H]12)[C@@H](OC(C)=O)O[C@H]3OC(C)=O. The van der Waals surface area contributed by atoms with Crippen molar-refractivity contribution in [1.29, 1.82) is 0 Å². The Kier molecular flexibility index (Phi) is 8.54. The van der Waals surface area contributed by atoms with Gasteiger partial charge in [0, 0.05) is 19.4 Å². The largest absolute Gasteiger partial charge is 0.458 e. The van der Waals surface area contributed by atoms with Gasteiger partial charge in [-0.15, -0.1) is 0 Å². The van der Waals surface area contributed by atoms with E-state index in [1.54, 1.807) is 6.08 Å². The molecule has 1 saturated carbocycles. The van der Waals surface area contributed by atoms with E-state index in [2.05, 4.69) is 27.0 Å². The van der Waals surface area contributed by atoms with Crippen LogP contribution in [0.5, 0.6) is 0 Å². The van der Waals surface area contributed by atoms with Gasteiger partial charge >= 0.3 is 17.9 Å².